The highest BCUT2D eigenvalue weighted by Gasteiger charge is 2.20. The van der Waals surface area contributed by atoms with Gasteiger partial charge in [0.25, 0.3) is 0 Å². The Morgan fingerprint density at radius 2 is 1.48 bits per heavy atom. The van der Waals surface area contributed by atoms with E-state index >= 15 is 0 Å². The zero-order valence-corrected chi connectivity index (χ0v) is 15.5. The van der Waals surface area contributed by atoms with Crippen LogP contribution in [0, 0.1) is 0 Å². The van der Waals surface area contributed by atoms with E-state index in [0.717, 1.165) is 11.1 Å². The second-order valence-electron chi connectivity index (χ2n) is 6.46. The predicted octanol–water partition coefficient (Wildman–Crippen LogP) is 4.54. The second kappa shape index (κ2) is 7.79. The summed E-state index contributed by atoms with van der Waals surface area (Å²) in [5.41, 5.74) is 3.56. The van der Waals surface area contributed by atoms with Crippen LogP contribution in [-0.4, -0.2) is 39.3 Å². The zero-order valence-electron chi connectivity index (χ0n) is 15.5. The average molecular weight is 341 g/mol. The Bertz CT molecular complexity index is 698. The maximum absolute atomic E-state index is 5.49. The van der Waals surface area contributed by atoms with Crippen LogP contribution in [0.4, 0.5) is 0 Å². The topological polar surface area (TPSA) is 30.9 Å². The Morgan fingerprint density at radius 1 is 0.840 bits per heavy atom. The smallest absolute Gasteiger partial charge is 0.203 e. The molecule has 1 aliphatic rings. The van der Waals surface area contributed by atoms with E-state index < -0.39 is 0 Å². The third-order valence-electron chi connectivity index (χ3n) is 5.06. The lowest BCUT2D eigenvalue weighted by Crippen LogP contribution is -2.23. The lowest BCUT2D eigenvalue weighted by atomic mass is 9.99. The van der Waals surface area contributed by atoms with Gasteiger partial charge in [0.2, 0.25) is 5.75 Å². The third-order valence-corrected chi connectivity index (χ3v) is 5.06. The second-order valence-corrected chi connectivity index (χ2v) is 6.46. The van der Waals surface area contributed by atoms with Gasteiger partial charge in [0, 0.05) is 6.04 Å². The van der Waals surface area contributed by atoms with Crippen LogP contribution in [0.3, 0.4) is 0 Å². The molecule has 0 N–H and O–H groups in total. The highest BCUT2D eigenvalue weighted by atomic mass is 16.5. The maximum atomic E-state index is 5.49. The van der Waals surface area contributed by atoms with Crippen LogP contribution < -0.4 is 14.2 Å². The summed E-state index contributed by atoms with van der Waals surface area (Å²) in [5, 5.41) is 0. The Labute approximate surface area is 150 Å². The lowest BCUT2D eigenvalue weighted by Gasteiger charge is -2.24. The van der Waals surface area contributed by atoms with Crippen molar-refractivity contribution in [2.75, 3.05) is 34.4 Å². The molecular formula is C21H27NO3. The number of hydrogen-bond donors (Lipinski definition) is 0. The molecule has 4 nitrogen and oxygen atoms in total. The fourth-order valence-electron chi connectivity index (χ4n) is 3.57. The van der Waals surface area contributed by atoms with E-state index in [1.165, 1.54) is 31.5 Å². The van der Waals surface area contributed by atoms with Gasteiger partial charge >= 0.3 is 0 Å². The van der Waals surface area contributed by atoms with E-state index in [1.807, 2.05) is 12.1 Å². The molecule has 1 aliphatic heterocycles. The molecule has 2 aromatic rings. The first-order valence-corrected chi connectivity index (χ1v) is 8.82. The molecule has 4 heteroatoms. The summed E-state index contributed by atoms with van der Waals surface area (Å²) >= 11 is 0. The Morgan fingerprint density at radius 3 is 2.04 bits per heavy atom. The van der Waals surface area contributed by atoms with Crippen LogP contribution in [0.2, 0.25) is 0 Å². The van der Waals surface area contributed by atoms with Crippen molar-refractivity contribution in [3.8, 4) is 28.4 Å². The molecule has 3 rings (SSSR count). The SMILES string of the molecule is COc1cc(-c2cccc(C(C)N3CCCC3)c2)cc(OC)c1OC. The van der Waals surface area contributed by atoms with Gasteiger partial charge in [0.1, 0.15) is 0 Å². The number of rotatable bonds is 6. The van der Waals surface area contributed by atoms with Crippen molar-refractivity contribution in [1.29, 1.82) is 0 Å². The van der Waals surface area contributed by atoms with E-state index in [0.29, 0.717) is 23.3 Å². The molecule has 1 heterocycles. The molecule has 1 fully saturated rings. The molecule has 1 saturated heterocycles. The van der Waals surface area contributed by atoms with Gasteiger partial charge in [-0.25, -0.2) is 0 Å². The van der Waals surface area contributed by atoms with E-state index in [2.05, 4.69) is 36.1 Å². The molecule has 0 saturated carbocycles. The van der Waals surface area contributed by atoms with E-state index in [9.17, 15) is 0 Å². The monoisotopic (exact) mass is 341 g/mol. The van der Waals surface area contributed by atoms with E-state index in [4.69, 9.17) is 14.2 Å². The van der Waals surface area contributed by atoms with Crippen molar-refractivity contribution in [2.45, 2.75) is 25.8 Å². The van der Waals surface area contributed by atoms with Gasteiger partial charge in [0.05, 0.1) is 21.3 Å². The number of likely N-dealkylation sites (tertiary alicyclic amines) is 1. The van der Waals surface area contributed by atoms with Crippen molar-refractivity contribution >= 4 is 0 Å². The number of benzene rings is 2. The molecule has 2 aromatic carbocycles. The summed E-state index contributed by atoms with van der Waals surface area (Å²) < 4.78 is 16.4. The molecule has 0 bridgehead atoms. The maximum Gasteiger partial charge on any atom is 0.203 e. The summed E-state index contributed by atoms with van der Waals surface area (Å²) in [5.74, 6) is 1.97. The summed E-state index contributed by atoms with van der Waals surface area (Å²) in [6, 6.07) is 13.2. The normalized spacial score (nSPS) is 15.8. The predicted molar refractivity (Wildman–Crippen MR) is 101 cm³/mol. The number of nitrogens with zero attached hydrogens (tertiary/aromatic N) is 1. The molecular weight excluding hydrogens is 314 g/mol. The van der Waals surface area contributed by atoms with Gasteiger partial charge in [0.15, 0.2) is 11.5 Å². The molecule has 0 aromatic heterocycles. The minimum Gasteiger partial charge on any atom is -0.493 e. The minimum absolute atomic E-state index is 0.435. The first-order chi connectivity index (χ1) is 12.2. The van der Waals surface area contributed by atoms with Crippen molar-refractivity contribution in [3.63, 3.8) is 0 Å². The van der Waals surface area contributed by atoms with E-state index in [1.54, 1.807) is 21.3 Å². The molecule has 0 aliphatic carbocycles. The first kappa shape index (κ1) is 17.6. The number of methoxy groups -OCH3 is 3. The summed E-state index contributed by atoms with van der Waals surface area (Å²) in [6.45, 7) is 4.67. The highest BCUT2D eigenvalue weighted by molar-refractivity contribution is 5.71. The molecule has 1 unspecified atom stereocenters. The fourth-order valence-corrected chi connectivity index (χ4v) is 3.57. The quantitative estimate of drug-likeness (QED) is 0.772. The van der Waals surface area contributed by atoms with Crippen molar-refractivity contribution < 1.29 is 14.2 Å². The average Bonchev–Trinajstić information content (AvgIpc) is 3.21. The Kier molecular flexibility index (Phi) is 5.49. The van der Waals surface area contributed by atoms with Crippen LogP contribution in [0.5, 0.6) is 17.2 Å². The van der Waals surface area contributed by atoms with Crippen LogP contribution in [0.15, 0.2) is 36.4 Å². The van der Waals surface area contributed by atoms with Gasteiger partial charge < -0.3 is 14.2 Å². The van der Waals surface area contributed by atoms with Crippen molar-refractivity contribution in [3.05, 3.63) is 42.0 Å². The summed E-state index contributed by atoms with van der Waals surface area (Å²) in [7, 11) is 4.91. The Hall–Kier alpha value is -2.20. The molecule has 0 radical (unpaired) electrons. The largest absolute Gasteiger partial charge is 0.493 e. The number of hydrogen-bond acceptors (Lipinski definition) is 4. The first-order valence-electron chi connectivity index (χ1n) is 8.82. The number of ether oxygens (including phenoxy) is 3. The van der Waals surface area contributed by atoms with Gasteiger partial charge in [-0.3, -0.25) is 4.90 Å². The van der Waals surface area contributed by atoms with Gasteiger partial charge in [-0.1, -0.05) is 18.2 Å². The van der Waals surface area contributed by atoms with Gasteiger partial charge in [-0.2, -0.15) is 0 Å². The highest BCUT2D eigenvalue weighted by Crippen LogP contribution is 2.41. The molecule has 1 atom stereocenters. The van der Waals surface area contributed by atoms with Crippen molar-refractivity contribution in [2.24, 2.45) is 0 Å². The fraction of sp³-hybridized carbons (Fsp3) is 0.429. The summed E-state index contributed by atoms with van der Waals surface area (Å²) in [6.07, 6.45) is 2.60. The minimum atomic E-state index is 0.435. The van der Waals surface area contributed by atoms with Crippen LogP contribution in [0.25, 0.3) is 11.1 Å². The lowest BCUT2D eigenvalue weighted by molar-refractivity contribution is 0.263. The standard InChI is InChI=1S/C21H27NO3/c1-15(22-10-5-6-11-22)16-8-7-9-17(12-16)18-13-19(23-2)21(25-4)20(14-18)24-3/h7-9,12-15H,5-6,10-11H2,1-4H3. The van der Waals surface area contributed by atoms with E-state index in [-0.39, 0.29) is 0 Å². The zero-order chi connectivity index (χ0) is 17.8. The Balaban J connectivity index is 1.97. The van der Waals surface area contributed by atoms with Crippen molar-refractivity contribution in [1.82, 2.24) is 4.90 Å². The van der Waals surface area contributed by atoms with Crippen LogP contribution in [0.1, 0.15) is 31.4 Å². The molecule has 0 amide bonds. The third kappa shape index (κ3) is 3.59. The van der Waals surface area contributed by atoms with Crippen LogP contribution in [-0.2, 0) is 0 Å². The van der Waals surface area contributed by atoms with Gasteiger partial charge in [-0.05, 0) is 67.7 Å². The summed E-state index contributed by atoms with van der Waals surface area (Å²) in [4.78, 5) is 2.55. The molecule has 134 valence electrons. The molecule has 0 spiro atoms. The van der Waals surface area contributed by atoms with Crippen LogP contribution >= 0.6 is 0 Å². The molecule has 25 heavy (non-hydrogen) atoms. The van der Waals surface area contributed by atoms with Gasteiger partial charge in [-0.15, -0.1) is 0 Å².